The lowest BCUT2D eigenvalue weighted by atomic mass is 9.97. The molecule has 0 spiro atoms. The van der Waals surface area contributed by atoms with Crippen molar-refractivity contribution in [1.82, 2.24) is 84.3 Å². The predicted molar refractivity (Wildman–Crippen MR) is 491 cm³/mol. The fraction of sp³-hybridized carbons (Fsp3) is 0.462. The van der Waals surface area contributed by atoms with E-state index in [4.69, 9.17) is 11.5 Å². The number of fused-ring (bicyclic) bond motifs is 2. The van der Waals surface area contributed by atoms with Crippen LogP contribution in [0.5, 0.6) is 5.75 Å². The molecule has 1 aromatic heterocycles. The van der Waals surface area contributed by atoms with Gasteiger partial charge in [-0.2, -0.15) is 0 Å². The Hall–Kier alpha value is -13.8. The van der Waals surface area contributed by atoms with Gasteiger partial charge in [0.1, 0.15) is 96.4 Å². The molecule has 0 radical (unpaired) electrons. The number of aromatic nitrogens is 1. The van der Waals surface area contributed by atoms with Crippen molar-refractivity contribution in [3.8, 4) is 16.9 Å². The highest BCUT2D eigenvalue weighted by atomic mass is 32.2. The largest absolute Gasteiger partial charge is 0.508 e. The van der Waals surface area contributed by atoms with Crippen LogP contribution in [0.25, 0.3) is 22.0 Å². The zero-order valence-electron chi connectivity index (χ0n) is 75.8. The number of carbonyl (C=O) groups is 18. The Balaban J connectivity index is 1.19. The number of aliphatic hydroxyl groups excluding tert-OH is 1. The molecule has 8 rings (SSSR count). The Bertz CT molecular complexity index is 5140. The summed E-state index contributed by atoms with van der Waals surface area (Å²) in [6.45, 7) is 14.5. The van der Waals surface area contributed by atoms with Gasteiger partial charge in [-0.15, -0.1) is 11.8 Å². The van der Waals surface area contributed by atoms with E-state index < -0.39 is 252 Å². The number of rotatable bonds is 23. The molecular formula is C93H122N18O21S. The summed E-state index contributed by atoms with van der Waals surface area (Å²) >= 11 is 0.704. The fourth-order valence-electron chi connectivity index (χ4n) is 15.1. The molecule has 22 N–H and O–H groups in total. The number of hydrogen-bond donors (Lipinski definition) is 20. The van der Waals surface area contributed by atoms with E-state index in [2.05, 4.69) is 79.4 Å². The number of nitrogens with zero attached hydrogens (tertiary/aromatic N) is 1. The van der Waals surface area contributed by atoms with Crippen LogP contribution in [0.15, 0.2) is 140 Å². The Morgan fingerprint density at radius 1 is 0.459 bits per heavy atom. The van der Waals surface area contributed by atoms with E-state index in [1.807, 2.05) is 42.5 Å². The van der Waals surface area contributed by atoms with Gasteiger partial charge in [0.15, 0.2) is 0 Å². The number of carbonyl (C=O) groups excluding carboxylic acids is 17. The monoisotopic (exact) mass is 1860 g/mol. The first-order valence-corrected chi connectivity index (χ1v) is 45.3. The average molecular weight is 1860 g/mol. The summed E-state index contributed by atoms with van der Waals surface area (Å²) in [5, 5.41) is 68.1. The van der Waals surface area contributed by atoms with E-state index >= 15 is 33.6 Å². The number of carboxylic acid groups (broad SMARTS) is 1. The number of para-hydroxylation sites is 1. The lowest BCUT2D eigenvalue weighted by Crippen LogP contribution is -2.62. The Morgan fingerprint density at radius 3 is 1.43 bits per heavy atom. The third kappa shape index (κ3) is 31.8. The highest BCUT2D eigenvalue weighted by Gasteiger charge is 2.43. The molecule has 3 heterocycles. The SMILES string of the molecule is CC(C)C[C@@H]1NC(=O)[C@H](Cc2c[nH]c3ccccc23)NC(=O)[C@H](CC(=O)O)NC(=O)[C@H](Cc2ccc(O)cc2)NC(=O)[C@H](Cc2ccccc2)NC(=O)CSC[C@@H](C(=O)N[C@@H](C)C(N)=O)NC(=O)[C@H](CO)NC(=O)[C@H](C(C)C)NC(=O)[C@H](CC(C)C)NC(=O)[C@H](CC(N)=O)NC(=O)[C@@H](C)NC(=O)[C@H]2CCCN2C(=O)[C@H](C(C)C)NC(=O)[C@H](Cc2ccc(-c3ccccc3)cc2)NC1=O. The number of primary amides is 2. The van der Waals surface area contributed by atoms with Crippen molar-refractivity contribution in [3.05, 3.63) is 162 Å². The Morgan fingerprint density at radius 2 is 0.895 bits per heavy atom. The third-order valence-corrected chi connectivity index (χ3v) is 23.4. The molecule has 17 amide bonds. The van der Waals surface area contributed by atoms with Crippen molar-refractivity contribution in [2.75, 3.05) is 24.7 Å². The number of carboxylic acids is 1. The van der Waals surface area contributed by atoms with Crippen molar-refractivity contribution in [1.29, 1.82) is 0 Å². The zero-order chi connectivity index (χ0) is 97.6. The molecule has 2 aliphatic rings. The van der Waals surface area contributed by atoms with E-state index in [1.165, 1.54) is 56.9 Å². The molecule has 716 valence electrons. The minimum absolute atomic E-state index is 0.0176. The number of nitrogens with one attached hydrogen (secondary N) is 15. The second-order valence-electron chi connectivity index (χ2n) is 34.8. The number of benzene rings is 5. The van der Waals surface area contributed by atoms with Gasteiger partial charge in [-0.3, -0.25) is 86.3 Å². The molecule has 6 aromatic rings. The number of H-pyrrole nitrogens is 1. The number of nitrogens with two attached hydrogens (primary N) is 2. The molecule has 39 nitrogen and oxygen atoms in total. The smallest absolute Gasteiger partial charge is 0.305 e. The molecule has 0 bridgehead atoms. The molecule has 2 fully saturated rings. The van der Waals surface area contributed by atoms with E-state index in [0.29, 0.717) is 44.9 Å². The molecule has 2 aliphatic heterocycles. The van der Waals surface area contributed by atoms with Crippen LogP contribution in [-0.4, -0.2) is 247 Å². The van der Waals surface area contributed by atoms with Gasteiger partial charge < -0.3 is 111 Å². The Labute approximate surface area is 773 Å². The number of amides is 17. The van der Waals surface area contributed by atoms with Gasteiger partial charge in [-0.05, 0) is 115 Å². The molecule has 0 saturated carbocycles. The number of phenols is 1. The quantitative estimate of drug-likeness (QED) is 0.0388. The molecular weight excluding hydrogens is 1740 g/mol. The lowest BCUT2D eigenvalue weighted by Gasteiger charge is -2.32. The second kappa shape index (κ2) is 50.0. The van der Waals surface area contributed by atoms with Crippen LogP contribution in [0.3, 0.4) is 0 Å². The van der Waals surface area contributed by atoms with Crippen LogP contribution in [0, 0.1) is 23.7 Å². The standard InChI is InChI=1S/C93H122N18O21S/c1-48(2)36-63-81(120)104-67(39-55-27-31-58(32-28-55)57-22-15-12-16-23-57)88(127)110-78(51(7)8)93(132)111-35-19-26-73(111)91(130)98-53(10)80(119)100-69(42-74(94)114)85(124)102-64(37-49(3)4)87(126)109-77(50(5)6)92(131)107-71(45-112)89(128)108-72(90(129)97-52(9)79(95)118)46-133-47-75(115)99-65(38-54-20-13-11-14-21-54)82(121)103-66(40-56-29-33-60(113)34-30-56)83(122)106-70(43-76(116)117)86(125)105-68(84(123)101-63)41-59-44-96-62-25-18-17-24-61(59)62/h11-18,20-25,27-34,44,48-53,63-73,77-78,96,112-113H,19,26,35-43,45-47H2,1-10H3,(H2,94,114)(H2,95,118)(H,97,129)(H,98,130)(H,99,115)(H,100,119)(H,101,123)(H,102,124)(H,103,121)(H,104,120)(H,105,125)(H,106,122)(H,107,131)(H,108,128)(H,109,126)(H,110,127)(H,116,117)/t52-,53+,63-,64-,65-,66-,67-,68-,69-,70-,71-,72-,73+,77-,78-/m0/s1. The van der Waals surface area contributed by atoms with E-state index in [1.54, 1.807) is 114 Å². The maximum Gasteiger partial charge on any atom is 0.305 e. The van der Waals surface area contributed by atoms with Gasteiger partial charge in [0.2, 0.25) is 100 Å². The highest BCUT2D eigenvalue weighted by molar-refractivity contribution is 8.00. The normalized spacial score (nSPS) is 23.9. The first kappa shape index (κ1) is 105. The summed E-state index contributed by atoms with van der Waals surface area (Å²) in [5.41, 5.74) is 15.1. The summed E-state index contributed by atoms with van der Waals surface area (Å²) in [5.74, 6) is -22.5. The van der Waals surface area contributed by atoms with Gasteiger partial charge in [-0.1, -0.05) is 171 Å². The molecule has 2 saturated heterocycles. The molecule has 15 atom stereocenters. The number of thioether (sulfide) groups is 1. The van der Waals surface area contributed by atoms with Crippen LogP contribution in [-0.2, 0) is 112 Å². The predicted octanol–water partition coefficient (Wildman–Crippen LogP) is -0.392. The second-order valence-corrected chi connectivity index (χ2v) is 35.8. The van der Waals surface area contributed by atoms with Gasteiger partial charge in [0.05, 0.1) is 25.2 Å². The molecule has 133 heavy (non-hydrogen) atoms. The minimum Gasteiger partial charge on any atom is -0.508 e. The van der Waals surface area contributed by atoms with Crippen molar-refractivity contribution in [2.45, 2.75) is 224 Å². The summed E-state index contributed by atoms with van der Waals surface area (Å²) < 4.78 is 0. The van der Waals surface area contributed by atoms with Crippen molar-refractivity contribution >= 4 is 129 Å². The molecule has 0 aliphatic carbocycles. The van der Waals surface area contributed by atoms with Gasteiger partial charge in [0.25, 0.3) is 0 Å². The first-order chi connectivity index (χ1) is 63.1. The number of aliphatic carboxylic acids is 1. The molecule has 0 unspecified atom stereocenters. The number of phenolic OH excluding ortho intramolecular Hbond substituents is 1. The zero-order valence-corrected chi connectivity index (χ0v) is 76.7. The summed E-state index contributed by atoms with van der Waals surface area (Å²) in [4.78, 5) is 264. The van der Waals surface area contributed by atoms with Crippen LogP contribution in [0.2, 0.25) is 0 Å². The third-order valence-electron chi connectivity index (χ3n) is 22.4. The van der Waals surface area contributed by atoms with Crippen molar-refractivity contribution < 1.29 is 102 Å². The summed E-state index contributed by atoms with van der Waals surface area (Å²) in [6, 6.07) is 12.8. The molecule has 5 aromatic carbocycles. The lowest BCUT2D eigenvalue weighted by molar-refractivity contribution is -0.143. The van der Waals surface area contributed by atoms with Crippen LogP contribution >= 0.6 is 11.8 Å². The van der Waals surface area contributed by atoms with Crippen molar-refractivity contribution in [3.63, 3.8) is 0 Å². The fourth-order valence-corrected chi connectivity index (χ4v) is 16.0. The topological polar surface area (TPSA) is 607 Å². The average Bonchev–Trinajstić information content (AvgIpc) is 1.76. The first-order valence-electron chi connectivity index (χ1n) is 44.1. The highest BCUT2D eigenvalue weighted by Crippen LogP contribution is 2.26. The van der Waals surface area contributed by atoms with Crippen LogP contribution in [0.1, 0.15) is 130 Å². The van der Waals surface area contributed by atoms with Crippen LogP contribution in [0.4, 0.5) is 0 Å². The van der Waals surface area contributed by atoms with E-state index in [0.717, 1.165) is 11.1 Å². The summed E-state index contributed by atoms with van der Waals surface area (Å²) in [6.07, 6.45) is -1.60. The number of hydrogen-bond acceptors (Lipinski definition) is 21. The Kier molecular flexibility index (Phi) is 39.3. The van der Waals surface area contributed by atoms with Gasteiger partial charge in [-0.25, -0.2) is 0 Å². The van der Waals surface area contributed by atoms with Gasteiger partial charge in [0, 0.05) is 55.1 Å². The maximum atomic E-state index is 15.5. The number of aliphatic hydroxyl groups is 1. The number of aromatic amines is 1. The maximum absolute atomic E-state index is 15.5. The van der Waals surface area contributed by atoms with E-state index in [-0.39, 0.29) is 63.2 Å². The van der Waals surface area contributed by atoms with Gasteiger partial charge >= 0.3 is 5.97 Å². The summed E-state index contributed by atoms with van der Waals surface area (Å²) in [7, 11) is 0. The van der Waals surface area contributed by atoms with E-state index in [9.17, 15) is 68.1 Å². The van der Waals surface area contributed by atoms with Crippen molar-refractivity contribution in [2.24, 2.45) is 35.1 Å². The van der Waals surface area contributed by atoms with Crippen LogP contribution < -0.4 is 85.9 Å². The minimum atomic E-state index is -2.06. The molecule has 40 heteroatoms. The number of aromatic hydroxyl groups is 1.